The summed E-state index contributed by atoms with van der Waals surface area (Å²) in [7, 11) is 0. The van der Waals surface area contributed by atoms with Gasteiger partial charge in [-0.25, -0.2) is 4.39 Å². The van der Waals surface area contributed by atoms with Crippen molar-refractivity contribution in [2.45, 2.75) is 12.8 Å². The van der Waals surface area contributed by atoms with Crippen molar-refractivity contribution < 1.29 is 18.8 Å². The van der Waals surface area contributed by atoms with Crippen molar-refractivity contribution >= 4 is 28.5 Å². The molecule has 1 N–H and O–H groups in total. The lowest BCUT2D eigenvalue weighted by Crippen LogP contribution is -2.38. The fourth-order valence-electron chi connectivity index (χ4n) is 4.05. The SMILES string of the molecule is O=C(NCCC(=O)N1CCCN(C(=O)c2ccccc2F)CC1)c1ccc2ccccc2c1. The van der Waals surface area contributed by atoms with Gasteiger partial charge in [-0.05, 0) is 41.5 Å². The molecular weight excluding hydrogens is 421 g/mol. The summed E-state index contributed by atoms with van der Waals surface area (Å²) in [6, 6.07) is 19.3. The van der Waals surface area contributed by atoms with Gasteiger partial charge in [0.1, 0.15) is 5.82 Å². The van der Waals surface area contributed by atoms with Crippen LogP contribution in [0.1, 0.15) is 33.6 Å². The van der Waals surface area contributed by atoms with Crippen LogP contribution in [0.25, 0.3) is 10.8 Å². The van der Waals surface area contributed by atoms with Crippen molar-refractivity contribution in [1.82, 2.24) is 15.1 Å². The highest BCUT2D eigenvalue weighted by Crippen LogP contribution is 2.16. The number of hydrogen-bond acceptors (Lipinski definition) is 3. The fourth-order valence-corrected chi connectivity index (χ4v) is 4.05. The minimum absolute atomic E-state index is 0.0497. The molecule has 1 heterocycles. The molecular formula is C26H26FN3O3. The molecule has 0 unspecified atom stereocenters. The second-order valence-corrected chi connectivity index (χ2v) is 8.07. The third-order valence-electron chi connectivity index (χ3n) is 5.88. The van der Waals surface area contributed by atoms with Crippen LogP contribution < -0.4 is 5.32 Å². The molecule has 0 radical (unpaired) electrons. The first kappa shape index (κ1) is 22.5. The van der Waals surface area contributed by atoms with Crippen molar-refractivity contribution in [2.75, 3.05) is 32.7 Å². The lowest BCUT2D eigenvalue weighted by molar-refractivity contribution is -0.130. The van der Waals surface area contributed by atoms with Gasteiger partial charge in [0.25, 0.3) is 11.8 Å². The van der Waals surface area contributed by atoms with Gasteiger partial charge < -0.3 is 15.1 Å². The standard InChI is InChI=1S/C26H26FN3O3/c27-23-9-4-3-8-22(23)26(33)30-15-5-14-29(16-17-30)24(31)12-13-28-25(32)21-11-10-19-6-1-2-7-20(19)18-21/h1-4,6-11,18H,5,12-17H2,(H,28,32). The molecule has 0 saturated carbocycles. The van der Waals surface area contributed by atoms with Gasteiger partial charge in [-0.15, -0.1) is 0 Å². The van der Waals surface area contributed by atoms with E-state index in [0.717, 1.165) is 10.8 Å². The molecule has 3 aromatic carbocycles. The maximum Gasteiger partial charge on any atom is 0.256 e. The number of hydrogen-bond donors (Lipinski definition) is 1. The Labute approximate surface area is 192 Å². The van der Waals surface area contributed by atoms with Crippen LogP contribution in [0.2, 0.25) is 0 Å². The predicted molar refractivity (Wildman–Crippen MR) is 124 cm³/mol. The van der Waals surface area contributed by atoms with Crippen molar-refractivity contribution in [3.05, 3.63) is 83.7 Å². The number of carbonyl (C=O) groups excluding carboxylic acids is 3. The highest BCUT2D eigenvalue weighted by atomic mass is 19.1. The molecule has 4 rings (SSSR count). The number of fused-ring (bicyclic) bond motifs is 1. The normalized spacial score (nSPS) is 14.1. The third-order valence-corrected chi connectivity index (χ3v) is 5.88. The number of benzene rings is 3. The van der Waals surface area contributed by atoms with E-state index in [1.807, 2.05) is 36.4 Å². The maximum atomic E-state index is 14.0. The van der Waals surface area contributed by atoms with Crippen LogP contribution in [-0.4, -0.2) is 60.2 Å². The van der Waals surface area contributed by atoms with Gasteiger partial charge in [-0.3, -0.25) is 14.4 Å². The summed E-state index contributed by atoms with van der Waals surface area (Å²) in [6.07, 6.45) is 0.802. The number of rotatable bonds is 5. The average molecular weight is 448 g/mol. The summed E-state index contributed by atoms with van der Waals surface area (Å²) in [5, 5.41) is 4.86. The number of halogens is 1. The molecule has 170 valence electrons. The van der Waals surface area contributed by atoms with E-state index in [-0.39, 0.29) is 36.3 Å². The quantitative estimate of drug-likeness (QED) is 0.651. The first-order chi connectivity index (χ1) is 16.0. The van der Waals surface area contributed by atoms with E-state index >= 15 is 0 Å². The zero-order valence-corrected chi connectivity index (χ0v) is 18.3. The van der Waals surface area contributed by atoms with Gasteiger partial charge in [0.2, 0.25) is 5.91 Å². The zero-order valence-electron chi connectivity index (χ0n) is 18.3. The summed E-state index contributed by atoms with van der Waals surface area (Å²) >= 11 is 0. The van der Waals surface area contributed by atoms with E-state index in [1.165, 1.54) is 12.1 Å². The number of nitrogens with zero attached hydrogens (tertiary/aromatic N) is 2. The maximum absolute atomic E-state index is 14.0. The Hall–Kier alpha value is -3.74. The molecule has 0 spiro atoms. The lowest BCUT2D eigenvalue weighted by atomic mass is 10.1. The third kappa shape index (κ3) is 5.37. The molecule has 0 aromatic heterocycles. The van der Waals surface area contributed by atoms with Crippen molar-refractivity contribution in [1.29, 1.82) is 0 Å². The summed E-state index contributed by atoms with van der Waals surface area (Å²) in [4.78, 5) is 41.1. The largest absolute Gasteiger partial charge is 0.352 e. The predicted octanol–water partition coefficient (Wildman–Crippen LogP) is 3.47. The molecule has 1 aliphatic rings. The lowest BCUT2D eigenvalue weighted by Gasteiger charge is -2.22. The van der Waals surface area contributed by atoms with Gasteiger partial charge in [0.15, 0.2) is 0 Å². The Morgan fingerprint density at radius 2 is 1.52 bits per heavy atom. The van der Waals surface area contributed by atoms with Crippen LogP contribution in [0.3, 0.4) is 0 Å². The van der Waals surface area contributed by atoms with Crippen molar-refractivity contribution in [3.63, 3.8) is 0 Å². The van der Waals surface area contributed by atoms with Crippen molar-refractivity contribution in [2.24, 2.45) is 0 Å². The van der Waals surface area contributed by atoms with Crippen molar-refractivity contribution in [3.8, 4) is 0 Å². The molecule has 0 bridgehead atoms. The molecule has 0 aliphatic carbocycles. The molecule has 33 heavy (non-hydrogen) atoms. The number of carbonyl (C=O) groups is 3. The van der Waals surface area contributed by atoms with Gasteiger partial charge in [0, 0.05) is 44.7 Å². The molecule has 1 aliphatic heterocycles. The van der Waals surface area contributed by atoms with Gasteiger partial charge in [-0.1, -0.05) is 42.5 Å². The summed E-state index contributed by atoms with van der Waals surface area (Å²) in [5.74, 6) is -1.19. The second kappa shape index (κ2) is 10.3. The van der Waals surface area contributed by atoms with E-state index in [1.54, 1.807) is 28.0 Å². The smallest absolute Gasteiger partial charge is 0.256 e. The van der Waals surface area contributed by atoms with Crippen LogP contribution >= 0.6 is 0 Å². The van der Waals surface area contributed by atoms with Crippen LogP contribution in [0.15, 0.2) is 66.7 Å². The van der Waals surface area contributed by atoms with E-state index in [0.29, 0.717) is 38.2 Å². The Kier molecular flexibility index (Phi) is 6.98. The molecule has 1 fully saturated rings. The van der Waals surface area contributed by atoms with Crippen LogP contribution in [0, 0.1) is 5.82 Å². The van der Waals surface area contributed by atoms with E-state index in [9.17, 15) is 18.8 Å². The topological polar surface area (TPSA) is 69.7 Å². The molecule has 3 aromatic rings. The summed E-state index contributed by atoms with van der Waals surface area (Å²) < 4.78 is 14.0. The average Bonchev–Trinajstić information content (AvgIpc) is 3.10. The highest BCUT2D eigenvalue weighted by Gasteiger charge is 2.24. The molecule has 0 atom stereocenters. The molecule has 7 heteroatoms. The fraction of sp³-hybridized carbons (Fsp3) is 0.269. The van der Waals surface area contributed by atoms with Gasteiger partial charge in [-0.2, -0.15) is 0 Å². The highest BCUT2D eigenvalue weighted by molar-refractivity contribution is 5.98. The zero-order chi connectivity index (χ0) is 23.2. The minimum Gasteiger partial charge on any atom is -0.352 e. The first-order valence-corrected chi connectivity index (χ1v) is 11.1. The van der Waals surface area contributed by atoms with E-state index in [2.05, 4.69) is 5.32 Å². The monoisotopic (exact) mass is 447 g/mol. The number of nitrogens with one attached hydrogen (secondary N) is 1. The van der Waals surface area contributed by atoms with Crippen LogP contribution in [0.5, 0.6) is 0 Å². The Morgan fingerprint density at radius 3 is 2.33 bits per heavy atom. The van der Waals surface area contributed by atoms with Gasteiger partial charge >= 0.3 is 0 Å². The Bertz CT molecular complexity index is 1180. The summed E-state index contributed by atoms with van der Waals surface area (Å²) in [6.45, 7) is 1.97. The molecule has 6 nitrogen and oxygen atoms in total. The Morgan fingerprint density at radius 1 is 0.818 bits per heavy atom. The van der Waals surface area contributed by atoms with Gasteiger partial charge in [0.05, 0.1) is 5.56 Å². The Balaban J connectivity index is 1.27. The van der Waals surface area contributed by atoms with E-state index < -0.39 is 5.82 Å². The summed E-state index contributed by atoms with van der Waals surface area (Å²) in [5.41, 5.74) is 0.604. The number of amides is 3. The first-order valence-electron chi connectivity index (χ1n) is 11.1. The molecule has 3 amide bonds. The minimum atomic E-state index is -0.540. The molecule has 1 saturated heterocycles. The van der Waals surface area contributed by atoms with Crippen LogP contribution in [0.4, 0.5) is 4.39 Å². The van der Waals surface area contributed by atoms with Crippen LogP contribution in [-0.2, 0) is 4.79 Å². The van der Waals surface area contributed by atoms with E-state index in [4.69, 9.17) is 0 Å². The second-order valence-electron chi connectivity index (χ2n) is 8.07.